The van der Waals surface area contributed by atoms with Crippen LogP contribution in [0.4, 0.5) is 0 Å². The van der Waals surface area contributed by atoms with Gasteiger partial charge in [-0.3, -0.25) is 0 Å². The number of hydrogen-bond acceptors (Lipinski definition) is 2. The molecule has 0 saturated heterocycles. The van der Waals surface area contributed by atoms with Gasteiger partial charge in [-0.25, -0.2) is 4.98 Å². The Balaban J connectivity index is 1.63. The van der Waals surface area contributed by atoms with Crippen molar-refractivity contribution in [3.8, 4) is 5.75 Å². The van der Waals surface area contributed by atoms with Crippen LogP contribution in [-0.4, -0.2) is 18.2 Å². The van der Waals surface area contributed by atoms with Gasteiger partial charge in [-0.2, -0.15) is 0 Å². The first kappa shape index (κ1) is 18.6. The molecule has 1 heterocycles. The molecule has 0 spiro atoms. The Kier molecular flexibility index (Phi) is 6.04. The van der Waals surface area contributed by atoms with E-state index in [2.05, 4.69) is 31.0 Å². The van der Waals surface area contributed by atoms with E-state index in [4.69, 9.17) is 21.2 Å². The van der Waals surface area contributed by atoms with Crippen molar-refractivity contribution in [1.82, 2.24) is 4.98 Å². The van der Waals surface area contributed by atoms with Gasteiger partial charge in [0.15, 0.2) is 5.52 Å². The van der Waals surface area contributed by atoms with Crippen LogP contribution in [0.3, 0.4) is 0 Å². The van der Waals surface area contributed by atoms with E-state index in [9.17, 15) is 0 Å². The molecule has 0 aliphatic rings. The van der Waals surface area contributed by atoms with E-state index in [1.165, 1.54) is 5.56 Å². The number of H-pyrrole nitrogens is 1. The number of para-hydroxylation sites is 1. The fourth-order valence-corrected chi connectivity index (χ4v) is 3.22. The molecular formula is C21H26ClN2O2+. The zero-order chi connectivity index (χ0) is 18.5. The number of rotatable bonds is 8. The first-order chi connectivity index (χ1) is 12.6. The summed E-state index contributed by atoms with van der Waals surface area (Å²) in [5.74, 6) is 1.73. The lowest BCUT2D eigenvalue weighted by Crippen LogP contribution is -2.45. The maximum Gasteiger partial charge on any atom is 0.292 e. The molecule has 1 N–H and O–H groups in total. The van der Waals surface area contributed by atoms with Crippen LogP contribution in [0.5, 0.6) is 5.75 Å². The molecule has 5 heteroatoms. The second kappa shape index (κ2) is 8.45. The minimum atomic E-state index is 0.568. The van der Waals surface area contributed by atoms with Gasteiger partial charge in [0, 0.05) is 18.9 Å². The molecule has 1 aromatic heterocycles. The molecule has 0 fully saturated rings. The third-order valence-corrected chi connectivity index (χ3v) is 4.74. The normalized spacial score (nSPS) is 11.1. The number of unbranched alkanes of at least 4 members (excludes halogenated alkanes) is 1. The van der Waals surface area contributed by atoms with Gasteiger partial charge in [-0.1, -0.05) is 43.1 Å². The van der Waals surface area contributed by atoms with E-state index < -0.39 is 0 Å². The van der Waals surface area contributed by atoms with Crippen LogP contribution in [0.2, 0.25) is 5.02 Å². The van der Waals surface area contributed by atoms with Crippen molar-refractivity contribution in [2.75, 3.05) is 13.2 Å². The lowest BCUT2D eigenvalue weighted by molar-refractivity contribution is -0.875. The number of aromatic nitrogens is 2. The van der Waals surface area contributed by atoms with Crippen molar-refractivity contribution in [1.29, 1.82) is 0 Å². The second-order valence-electron chi connectivity index (χ2n) is 6.52. The number of hydrogen-bond donors (Lipinski definition) is 1. The number of benzene rings is 2. The Morgan fingerprint density at radius 1 is 1.12 bits per heavy atom. The van der Waals surface area contributed by atoms with Crippen LogP contribution in [0.25, 0.3) is 11.0 Å². The standard InChI is InChI=1S/C21H25ClN2O2/c1-4-5-12-25-20-10-9-17(14-18(20)22)11-13-26-24-16(3)23-21-15(2)7-6-8-19(21)24/h6-10,14H,4-5,11-13H2,1-3H3/p+1. The lowest BCUT2D eigenvalue weighted by Gasteiger charge is -2.09. The van der Waals surface area contributed by atoms with E-state index in [0.717, 1.165) is 47.4 Å². The third kappa shape index (κ3) is 4.13. The summed E-state index contributed by atoms with van der Waals surface area (Å²) in [5.41, 5.74) is 4.51. The van der Waals surface area contributed by atoms with Crippen LogP contribution >= 0.6 is 11.6 Å². The summed E-state index contributed by atoms with van der Waals surface area (Å²) >= 11 is 6.33. The van der Waals surface area contributed by atoms with E-state index in [1.807, 2.05) is 35.9 Å². The number of aromatic amines is 1. The Morgan fingerprint density at radius 2 is 1.96 bits per heavy atom. The number of nitrogens with zero attached hydrogens (tertiary/aromatic N) is 1. The molecule has 0 atom stereocenters. The predicted octanol–water partition coefficient (Wildman–Crippen LogP) is 4.58. The highest BCUT2D eigenvalue weighted by atomic mass is 35.5. The average Bonchev–Trinajstić information content (AvgIpc) is 2.94. The number of aryl methyl sites for hydroxylation is 2. The van der Waals surface area contributed by atoms with Gasteiger partial charge in [0.05, 0.1) is 11.6 Å². The maximum absolute atomic E-state index is 6.33. The van der Waals surface area contributed by atoms with Crippen LogP contribution < -0.4 is 14.3 Å². The number of halogens is 1. The van der Waals surface area contributed by atoms with Gasteiger partial charge in [0.1, 0.15) is 12.4 Å². The van der Waals surface area contributed by atoms with Crippen molar-refractivity contribution >= 4 is 22.6 Å². The summed E-state index contributed by atoms with van der Waals surface area (Å²) < 4.78 is 7.57. The van der Waals surface area contributed by atoms with Gasteiger partial charge < -0.3 is 9.57 Å². The van der Waals surface area contributed by atoms with E-state index in [1.54, 1.807) is 0 Å². The Bertz CT molecular complexity index is 889. The number of ether oxygens (including phenoxy) is 1. The first-order valence-corrected chi connectivity index (χ1v) is 9.52. The molecule has 4 nitrogen and oxygen atoms in total. The molecule has 0 aliphatic carbocycles. The minimum absolute atomic E-state index is 0.568. The van der Waals surface area contributed by atoms with Crippen molar-refractivity contribution in [2.45, 2.75) is 40.0 Å². The Labute approximate surface area is 159 Å². The second-order valence-corrected chi connectivity index (χ2v) is 6.93. The van der Waals surface area contributed by atoms with Gasteiger partial charge in [0.2, 0.25) is 5.52 Å². The quantitative estimate of drug-likeness (QED) is 0.463. The molecule has 0 unspecified atom stereocenters. The van der Waals surface area contributed by atoms with Crippen LogP contribution in [0.1, 0.15) is 36.7 Å². The molecule has 3 aromatic rings. The van der Waals surface area contributed by atoms with Crippen LogP contribution in [0.15, 0.2) is 36.4 Å². The molecule has 0 saturated carbocycles. The smallest absolute Gasteiger partial charge is 0.292 e. The molecule has 26 heavy (non-hydrogen) atoms. The molecular weight excluding hydrogens is 348 g/mol. The highest BCUT2D eigenvalue weighted by Gasteiger charge is 2.17. The maximum atomic E-state index is 6.33. The summed E-state index contributed by atoms with van der Waals surface area (Å²) in [6.07, 6.45) is 2.92. The zero-order valence-electron chi connectivity index (χ0n) is 15.6. The van der Waals surface area contributed by atoms with Gasteiger partial charge >= 0.3 is 0 Å². The van der Waals surface area contributed by atoms with Gasteiger partial charge in [-0.05, 0) is 41.8 Å². The summed E-state index contributed by atoms with van der Waals surface area (Å²) in [7, 11) is 0. The fourth-order valence-electron chi connectivity index (χ4n) is 2.96. The Morgan fingerprint density at radius 3 is 2.73 bits per heavy atom. The SMILES string of the molecule is CCCCOc1ccc(CCO[n+]2c(C)[nH]c3c(C)cccc32)cc1Cl. The largest absolute Gasteiger partial charge is 0.492 e. The summed E-state index contributed by atoms with van der Waals surface area (Å²) in [5, 5.41) is 0.658. The summed E-state index contributed by atoms with van der Waals surface area (Å²) in [6.45, 7) is 7.52. The molecule has 0 bridgehead atoms. The van der Waals surface area contributed by atoms with Crippen molar-refractivity contribution in [2.24, 2.45) is 0 Å². The van der Waals surface area contributed by atoms with Crippen LogP contribution in [0, 0.1) is 13.8 Å². The molecule has 2 aromatic carbocycles. The molecule has 0 aliphatic heterocycles. The van der Waals surface area contributed by atoms with E-state index in [-0.39, 0.29) is 0 Å². The number of fused-ring (bicyclic) bond motifs is 1. The number of imidazole rings is 1. The third-order valence-electron chi connectivity index (χ3n) is 4.44. The van der Waals surface area contributed by atoms with Gasteiger partial charge in [-0.15, -0.1) is 0 Å². The molecule has 0 amide bonds. The zero-order valence-corrected chi connectivity index (χ0v) is 16.4. The van der Waals surface area contributed by atoms with Crippen LogP contribution in [-0.2, 0) is 6.42 Å². The monoisotopic (exact) mass is 373 g/mol. The topological polar surface area (TPSA) is 38.1 Å². The van der Waals surface area contributed by atoms with Crippen molar-refractivity contribution in [3.63, 3.8) is 0 Å². The first-order valence-electron chi connectivity index (χ1n) is 9.14. The van der Waals surface area contributed by atoms with Crippen molar-refractivity contribution in [3.05, 3.63) is 58.4 Å². The van der Waals surface area contributed by atoms with E-state index in [0.29, 0.717) is 18.2 Å². The molecule has 3 rings (SSSR count). The van der Waals surface area contributed by atoms with Gasteiger partial charge in [0.25, 0.3) is 5.82 Å². The summed E-state index contributed by atoms with van der Waals surface area (Å²) in [4.78, 5) is 9.39. The highest BCUT2D eigenvalue weighted by molar-refractivity contribution is 6.32. The predicted molar refractivity (Wildman–Crippen MR) is 105 cm³/mol. The van der Waals surface area contributed by atoms with E-state index >= 15 is 0 Å². The Hall–Kier alpha value is -2.20. The highest BCUT2D eigenvalue weighted by Crippen LogP contribution is 2.25. The minimum Gasteiger partial charge on any atom is -0.492 e. The summed E-state index contributed by atoms with van der Waals surface area (Å²) in [6, 6.07) is 12.2. The lowest BCUT2D eigenvalue weighted by atomic mass is 10.1. The molecule has 0 radical (unpaired) electrons. The van der Waals surface area contributed by atoms with Crippen molar-refractivity contribution < 1.29 is 14.3 Å². The average molecular weight is 374 g/mol. The molecule has 138 valence electrons. The fraction of sp³-hybridized carbons (Fsp3) is 0.381. The number of nitrogens with one attached hydrogen (secondary N) is 1.